The standard InChI is InChI=1S/C16H20N2O/c1-3-17-16(15-9-12(2)7-8-18-15)11-13-5-4-6-14(19)10-13/h4-10,16-17,19H,3,11H2,1-2H3. The third-order valence-corrected chi connectivity index (χ3v) is 3.09. The zero-order valence-electron chi connectivity index (χ0n) is 11.4. The van der Waals surface area contributed by atoms with Crippen molar-refractivity contribution in [2.75, 3.05) is 6.54 Å². The molecule has 0 saturated heterocycles. The van der Waals surface area contributed by atoms with Gasteiger partial charge in [-0.1, -0.05) is 19.1 Å². The molecule has 100 valence electrons. The van der Waals surface area contributed by atoms with Crippen LogP contribution in [-0.4, -0.2) is 16.6 Å². The van der Waals surface area contributed by atoms with Crippen LogP contribution in [0.4, 0.5) is 0 Å². The Morgan fingerprint density at radius 1 is 1.26 bits per heavy atom. The van der Waals surface area contributed by atoms with Gasteiger partial charge in [0, 0.05) is 6.20 Å². The number of hydrogen-bond acceptors (Lipinski definition) is 3. The number of hydrogen-bond donors (Lipinski definition) is 2. The lowest BCUT2D eigenvalue weighted by molar-refractivity contribution is 0.473. The molecule has 19 heavy (non-hydrogen) atoms. The zero-order valence-corrected chi connectivity index (χ0v) is 11.4. The fraction of sp³-hybridized carbons (Fsp3) is 0.312. The highest BCUT2D eigenvalue weighted by Crippen LogP contribution is 2.20. The van der Waals surface area contributed by atoms with Crippen LogP contribution in [-0.2, 0) is 6.42 Å². The average molecular weight is 256 g/mol. The van der Waals surface area contributed by atoms with Gasteiger partial charge >= 0.3 is 0 Å². The van der Waals surface area contributed by atoms with Gasteiger partial charge in [-0.05, 0) is 55.3 Å². The number of aromatic hydroxyl groups is 1. The first-order valence-electron chi connectivity index (χ1n) is 6.63. The number of aromatic nitrogens is 1. The third-order valence-electron chi connectivity index (χ3n) is 3.09. The molecule has 0 aliphatic heterocycles. The fourth-order valence-corrected chi connectivity index (χ4v) is 2.20. The Morgan fingerprint density at radius 3 is 2.79 bits per heavy atom. The van der Waals surface area contributed by atoms with Crippen molar-refractivity contribution in [3.63, 3.8) is 0 Å². The van der Waals surface area contributed by atoms with Crippen LogP contribution in [0, 0.1) is 6.92 Å². The quantitative estimate of drug-likeness (QED) is 0.864. The Balaban J connectivity index is 2.21. The Morgan fingerprint density at radius 2 is 2.11 bits per heavy atom. The van der Waals surface area contributed by atoms with E-state index in [2.05, 4.69) is 30.2 Å². The largest absolute Gasteiger partial charge is 0.508 e. The van der Waals surface area contributed by atoms with Crippen molar-refractivity contribution in [3.8, 4) is 5.75 Å². The Hall–Kier alpha value is -1.87. The van der Waals surface area contributed by atoms with Crippen LogP contribution in [0.2, 0.25) is 0 Å². The summed E-state index contributed by atoms with van der Waals surface area (Å²) in [4.78, 5) is 4.45. The van der Waals surface area contributed by atoms with Gasteiger partial charge in [-0.25, -0.2) is 0 Å². The average Bonchev–Trinajstić information content (AvgIpc) is 2.38. The summed E-state index contributed by atoms with van der Waals surface area (Å²) in [5.41, 5.74) is 3.36. The molecule has 0 fully saturated rings. The van der Waals surface area contributed by atoms with Crippen LogP contribution in [0.5, 0.6) is 5.75 Å². The van der Waals surface area contributed by atoms with Crippen LogP contribution in [0.3, 0.4) is 0 Å². The molecule has 3 nitrogen and oxygen atoms in total. The summed E-state index contributed by atoms with van der Waals surface area (Å²) in [5.74, 6) is 0.310. The lowest BCUT2D eigenvalue weighted by atomic mass is 10.0. The van der Waals surface area contributed by atoms with Gasteiger partial charge in [-0.3, -0.25) is 4.98 Å². The highest BCUT2D eigenvalue weighted by Gasteiger charge is 2.12. The predicted octanol–water partition coefficient (Wildman–Crippen LogP) is 2.99. The molecule has 0 bridgehead atoms. The molecular formula is C16H20N2O. The van der Waals surface area contributed by atoms with Crippen molar-refractivity contribution in [1.29, 1.82) is 0 Å². The van der Waals surface area contributed by atoms with E-state index < -0.39 is 0 Å². The second-order valence-electron chi connectivity index (χ2n) is 4.74. The SMILES string of the molecule is CCNC(Cc1cccc(O)c1)c1cc(C)ccn1. The van der Waals surface area contributed by atoms with E-state index in [4.69, 9.17) is 0 Å². The fourth-order valence-electron chi connectivity index (χ4n) is 2.20. The maximum Gasteiger partial charge on any atom is 0.115 e. The Bertz CT molecular complexity index is 540. The number of aryl methyl sites for hydroxylation is 1. The van der Waals surface area contributed by atoms with Crippen LogP contribution in [0.15, 0.2) is 42.6 Å². The van der Waals surface area contributed by atoms with E-state index in [9.17, 15) is 5.11 Å². The number of phenols is 1. The first-order valence-corrected chi connectivity index (χ1v) is 6.63. The van der Waals surface area contributed by atoms with Gasteiger partial charge in [-0.2, -0.15) is 0 Å². The Labute approximate surface area is 114 Å². The van der Waals surface area contributed by atoms with Gasteiger partial charge in [0.1, 0.15) is 5.75 Å². The monoisotopic (exact) mass is 256 g/mol. The summed E-state index contributed by atoms with van der Waals surface area (Å²) in [6.45, 7) is 5.05. The maximum atomic E-state index is 9.53. The van der Waals surface area contributed by atoms with Gasteiger partial charge < -0.3 is 10.4 Å². The topological polar surface area (TPSA) is 45.1 Å². The molecule has 1 aromatic carbocycles. The molecule has 1 heterocycles. The number of rotatable bonds is 5. The first kappa shape index (κ1) is 13.6. The molecule has 2 rings (SSSR count). The number of benzene rings is 1. The second-order valence-corrected chi connectivity index (χ2v) is 4.74. The van der Waals surface area contributed by atoms with E-state index in [1.54, 1.807) is 12.1 Å². The second kappa shape index (κ2) is 6.34. The van der Waals surface area contributed by atoms with Crippen LogP contribution in [0.1, 0.15) is 29.8 Å². The minimum Gasteiger partial charge on any atom is -0.508 e. The first-order chi connectivity index (χ1) is 9.19. The third kappa shape index (κ3) is 3.80. The van der Waals surface area contributed by atoms with Gasteiger partial charge in [-0.15, -0.1) is 0 Å². The molecule has 3 heteroatoms. The van der Waals surface area contributed by atoms with Gasteiger partial charge in [0.05, 0.1) is 11.7 Å². The van der Waals surface area contributed by atoms with E-state index in [1.165, 1.54) is 5.56 Å². The molecule has 0 aliphatic rings. The lowest BCUT2D eigenvalue weighted by Gasteiger charge is -2.18. The molecule has 1 atom stereocenters. The van der Waals surface area contributed by atoms with Crippen molar-refractivity contribution >= 4 is 0 Å². The highest BCUT2D eigenvalue weighted by molar-refractivity contribution is 5.29. The molecule has 0 saturated carbocycles. The van der Waals surface area contributed by atoms with E-state index in [0.717, 1.165) is 24.2 Å². The van der Waals surface area contributed by atoms with E-state index in [0.29, 0.717) is 5.75 Å². The predicted molar refractivity (Wildman–Crippen MR) is 77.2 cm³/mol. The zero-order chi connectivity index (χ0) is 13.7. The van der Waals surface area contributed by atoms with Gasteiger partial charge in [0.15, 0.2) is 0 Å². The number of nitrogens with zero attached hydrogens (tertiary/aromatic N) is 1. The van der Waals surface area contributed by atoms with Crippen LogP contribution >= 0.6 is 0 Å². The van der Waals surface area contributed by atoms with Crippen molar-refractivity contribution < 1.29 is 5.11 Å². The summed E-state index contributed by atoms with van der Waals surface area (Å²) >= 11 is 0. The molecule has 0 spiro atoms. The summed E-state index contributed by atoms with van der Waals surface area (Å²) in [5, 5.41) is 13.0. The molecule has 0 radical (unpaired) electrons. The lowest BCUT2D eigenvalue weighted by Crippen LogP contribution is -2.24. The smallest absolute Gasteiger partial charge is 0.115 e. The number of likely N-dealkylation sites (N-methyl/N-ethyl adjacent to an activating group) is 1. The van der Waals surface area contributed by atoms with E-state index in [1.807, 2.05) is 24.4 Å². The van der Waals surface area contributed by atoms with Crippen LogP contribution in [0.25, 0.3) is 0 Å². The van der Waals surface area contributed by atoms with Gasteiger partial charge in [0.25, 0.3) is 0 Å². The molecule has 1 aromatic heterocycles. The summed E-state index contributed by atoms with van der Waals surface area (Å²) < 4.78 is 0. The molecule has 0 aliphatic carbocycles. The highest BCUT2D eigenvalue weighted by atomic mass is 16.3. The molecule has 1 unspecified atom stereocenters. The normalized spacial score (nSPS) is 12.3. The number of pyridine rings is 1. The number of phenolic OH excluding ortho intramolecular Hbond substituents is 1. The molecular weight excluding hydrogens is 236 g/mol. The van der Waals surface area contributed by atoms with E-state index in [-0.39, 0.29) is 6.04 Å². The van der Waals surface area contributed by atoms with Crippen molar-refractivity contribution in [2.24, 2.45) is 0 Å². The van der Waals surface area contributed by atoms with Crippen LogP contribution < -0.4 is 5.32 Å². The minimum atomic E-state index is 0.173. The summed E-state index contributed by atoms with van der Waals surface area (Å²) in [7, 11) is 0. The maximum absolute atomic E-state index is 9.53. The van der Waals surface area contributed by atoms with Gasteiger partial charge in [0.2, 0.25) is 0 Å². The number of nitrogens with one attached hydrogen (secondary N) is 1. The van der Waals surface area contributed by atoms with E-state index >= 15 is 0 Å². The summed E-state index contributed by atoms with van der Waals surface area (Å²) in [6, 6.07) is 11.7. The molecule has 0 amide bonds. The molecule has 2 N–H and O–H groups in total. The van der Waals surface area contributed by atoms with Crippen molar-refractivity contribution in [1.82, 2.24) is 10.3 Å². The Kier molecular flexibility index (Phi) is 4.53. The molecule has 2 aromatic rings. The van der Waals surface area contributed by atoms with Crippen molar-refractivity contribution in [3.05, 3.63) is 59.4 Å². The minimum absolute atomic E-state index is 0.173. The summed E-state index contributed by atoms with van der Waals surface area (Å²) in [6.07, 6.45) is 2.66. The van der Waals surface area contributed by atoms with Crippen molar-refractivity contribution in [2.45, 2.75) is 26.3 Å².